The van der Waals surface area contributed by atoms with Gasteiger partial charge in [0.05, 0.1) is 22.9 Å². The monoisotopic (exact) mass is 433 g/mol. The third-order valence-corrected chi connectivity index (χ3v) is 4.62. The summed E-state index contributed by atoms with van der Waals surface area (Å²) < 4.78 is 43.5. The molecule has 0 aliphatic heterocycles. The van der Waals surface area contributed by atoms with E-state index in [4.69, 9.17) is 21.2 Å². The van der Waals surface area contributed by atoms with Crippen molar-refractivity contribution in [3.8, 4) is 0 Å². The lowest BCUT2D eigenvalue weighted by Gasteiger charge is -2.14. The molecule has 0 saturated heterocycles. The fraction of sp³-hybridized carbons (Fsp3) is 0.474. The van der Waals surface area contributed by atoms with Gasteiger partial charge in [-0.25, -0.2) is 0 Å². The quantitative estimate of drug-likeness (QED) is 0.515. The van der Waals surface area contributed by atoms with Gasteiger partial charge in [-0.1, -0.05) is 30.1 Å². The first-order valence-corrected chi connectivity index (χ1v) is 9.60. The van der Waals surface area contributed by atoms with Crippen LogP contribution in [0, 0.1) is 0 Å². The van der Waals surface area contributed by atoms with Gasteiger partial charge >= 0.3 is 6.18 Å². The molecule has 0 aliphatic carbocycles. The molecule has 2 aromatic rings. The molecule has 0 fully saturated rings. The van der Waals surface area contributed by atoms with Crippen molar-refractivity contribution in [3.05, 3.63) is 46.1 Å². The number of amides is 1. The number of alkyl halides is 3. The second kappa shape index (κ2) is 10.5. The molecule has 29 heavy (non-hydrogen) atoms. The minimum absolute atomic E-state index is 0.0333. The number of nitrogens with zero attached hydrogens (tertiary/aromatic N) is 1. The van der Waals surface area contributed by atoms with E-state index >= 15 is 0 Å². The van der Waals surface area contributed by atoms with Crippen LogP contribution in [0.1, 0.15) is 53.7 Å². The topological polar surface area (TPSA) is 87.4 Å². The van der Waals surface area contributed by atoms with Crippen LogP contribution in [0.2, 0.25) is 5.02 Å². The van der Waals surface area contributed by atoms with Crippen molar-refractivity contribution in [3.63, 3.8) is 0 Å². The predicted molar refractivity (Wildman–Crippen MR) is 103 cm³/mol. The summed E-state index contributed by atoms with van der Waals surface area (Å²) in [5.74, 6) is 0.00447. The highest BCUT2D eigenvalue weighted by atomic mass is 35.5. The molecule has 6 nitrogen and oxygen atoms in total. The average Bonchev–Trinajstić information content (AvgIpc) is 3.13. The van der Waals surface area contributed by atoms with E-state index in [1.165, 1.54) is 0 Å². The Morgan fingerprint density at radius 1 is 1.28 bits per heavy atom. The number of halogens is 4. The molecule has 0 aliphatic rings. The van der Waals surface area contributed by atoms with Crippen molar-refractivity contribution in [2.24, 2.45) is 0 Å². The zero-order valence-electron chi connectivity index (χ0n) is 15.9. The lowest BCUT2D eigenvalue weighted by atomic mass is 9.96. The van der Waals surface area contributed by atoms with E-state index in [1.54, 1.807) is 6.07 Å². The number of nitrogens with one attached hydrogen (secondary N) is 2. The van der Waals surface area contributed by atoms with Crippen LogP contribution in [0.25, 0.3) is 0 Å². The van der Waals surface area contributed by atoms with Crippen LogP contribution in [0.3, 0.4) is 0 Å². The van der Waals surface area contributed by atoms with Crippen molar-refractivity contribution in [2.75, 3.05) is 25.0 Å². The Bertz CT molecular complexity index is 811. The average molecular weight is 434 g/mol. The van der Waals surface area contributed by atoms with Crippen molar-refractivity contribution in [1.29, 1.82) is 0 Å². The maximum atomic E-state index is 12.8. The Morgan fingerprint density at radius 2 is 2.03 bits per heavy atom. The first kappa shape index (κ1) is 23.0. The summed E-state index contributed by atoms with van der Waals surface area (Å²) in [6.45, 7) is 2.66. The van der Waals surface area contributed by atoms with E-state index in [9.17, 15) is 18.0 Å². The number of rotatable bonds is 10. The third-order valence-electron chi connectivity index (χ3n) is 4.31. The highest BCUT2D eigenvalue weighted by Crippen LogP contribution is 2.35. The largest absolute Gasteiger partial charge is 0.417 e. The molecule has 160 valence electrons. The molecule has 2 rings (SSSR count). The van der Waals surface area contributed by atoms with Crippen LogP contribution < -0.4 is 10.6 Å². The molecule has 1 aromatic carbocycles. The Balaban J connectivity index is 1.94. The molecule has 10 heteroatoms. The maximum absolute atomic E-state index is 12.8. The summed E-state index contributed by atoms with van der Waals surface area (Å²) in [7, 11) is 0. The maximum Gasteiger partial charge on any atom is 0.417 e. The zero-order valence-corrected chi connectivity index (χ0v) is 16.6. The minimum atomic E-state index is -4.57. The molecular formula is C19H23ClF3N3O3. The standard InChI is InChI=1S/C19H23ClF3N3O3/c1-2-3-12(16-11-17(29-26-16)24-8-9-27)6-7-25-18(28)13-4-5-14(15(20)10-13)19(21,22)23/h4-5,10-12,24,27H,2-3,6-9H2,1H3,(H,25,28). The molecule has 0 radical (unpaired) electrons. The highest BCUT2D eigenvalue weighted by Gasteiger charge is 2.33. The summed E-state index contributed by atoms with van der Waals surface area (Å²) in [6, 6.07) is 4.67. The van der Waals surface area contributed by atoms with Gasteiger partial charge in [0.15, 0.2) is 0 Å². The molecule has 0 bridgehead atoms. The van der Waals surface area contributed by atoms with Crippen molar-refractivity contribution < 1.29 is 27.6 Å². The van der Waals surface area contributed by atoms with Crippen LogP contribution in [0.4, 0.5) is 19.1 Å². The van der Waals surface area contributed by atoms with Gasteiger partial charge in [0.1, 0.15) is 0 Å². The van der Waals surface area contributed by atoms with Gasteiger partial charge < -0.3 is 20.3 Å². The Hall–Kier alpha value is -2.26. The lowest BCUT2D eigenvalue weighted by molar-refractivity contribution is -0.137. The van der Waals surface area contributed by atoms with Gasteiger partial charge in [0.2, 0.25) is 5.88 Å². The number of aliphatic hydroxyl groups excluding tert-OH is 1. The van der Waals surface area contributed by atoms with E-state index in [-0.39, 0.29) is 18.1 Å². The molecule has 1 amide bonds. The number of benzene rings is 1. The zero-order chi connectivity index (χ0) is 21.4. The molecule has 1 atom stereocenters. The molecule has 1 aromatic heterocycles. The predicted octanol–water partition coefficient (Wildman–Crippen LogP) is 4.45. The van der Waals surface area contributed by atoms with Crippen LogP contribution >= 0.6 is 11.6 Å². The van der Waals surface area contributed by atoms with Crippen molar-refractivity contribution in [1.82, 2.24) is 10.5 Å². The van der Waals surface area contributed by atoms with Crippen molar-refractivity contribution in [2.45, 2.75) is 38.3 Å². The van der Waals surface area contributed by atoms with Gasteiger partial charge in [-0.3, -0.25) is 4.79 Å². The number of anilines is 1. The van der Waals surface area contributed by atoms with Gasteiger partial charge in [0.25, 0.3) is 5.91 Å². The first-order valence-electron chi connectivity index (χ1n) is 9.22. The van der Waals surface area contributed by atoms with Crippen LogP contribution in [0.5, 0.6) is 0 Å². The molecule has 1 unspecified atom stereocenters. The van der Waals surface area contributed by atoms with Crippen LogP contribution in [0.15, 0.2) is 28.8 Å². The fourth-order valence-electron chi connectivity index (χ4n) is 2.88. The van der Waals surface area contributed by atoms with Gasteiger partial charge in [-0.05, 0) is 31.0 Å². The molecule has 1 heterocycles. The Morgan fingerprint density at radius 3 is 2.66 bits per heavy atom. The normalized spacial score (nSPS) is 12.6. The smallest absolute Gasteiger partial charge is 0.395 e. The number of aliphatic hydroxyl groups is 1. The molecule has 0 saturated carbocycles. The first-order chi connectivity index (χ1) is 13.8. The highest BCUT2D eigenvalue weighted by molar-refractivity contribution is 6.31. The van der Waals surface area contributed by atoms with E-state index in [2.05, 4.69) is 15.8 Å². The summed E-state index contributed by atoms with van der Waals surface area (Å²) >= 11 is 5.66. The number of hydrogen-bond donors (Lipinski definition) is 3. The lowest BCUT2D eigenvalue weighted by Crippen LogP contribution is -2.26. The number of carbonyl (C=O) groups is 1. The molecular weight excluding hydrogens is 411 g/mol. The van der Waals surface area contributed by atoms with Crippen LogP contribution in [-0.2, 0) is 6.18 Å². The number of carbonyl (C=O) groups excluding carboxylic acids is 1. The van der Waals surface area contributed by atoms with E-state index in [0.29, 0.717) is 25.4 Å². The third kappa shape index (κ3) is 6.64. The van der Waals surface area contributed by atoms with Gasteiger partial charge in [-0.15, -0.1) is 0 Å². The number of aromatic nitrogens is 1. The van der Waals surface area contributed by atoms with E-state index < -0.39 is 22.7 Å². The van der Waals surface area contributed by atoms with Gasteiger partial charge in [0, 0.05) is 30.6 Å². The fourth-order valence-corrected chi connectivity index (χ4v) is 3.17. The van der Waals surface area contributed by atoms with E-state index in [0.717, 1.165) is 36.7 Å². The minimum Gasteiger partial charge on any atom is -0.395 e. The Labute approximate surface area is 171 Å². The second-order valence-corrected chi connectivity index (χ2v) is 6.90. The Kier molecular flexibility index (Phi) is 8.33. The summed E-state index contributed by atoms with van der Waals surface area (Å²) in [5, 5.41) is 17.9. The number of hydrogen-bond acceptors (Lipinski definition) is 5. The van der Waals surface area contributed by atoms with Gasteiger partial charge in [-0.2, -0.15) is 13.2 Å². The summed E-state index contributed by atoms with van der Waals surface area (Å²) in [6.07, 6.45) is -2.25. The molecule has 3 N–H and O–H groups in total. The summed E-state index contributed by atoms with van der Waals surface area (Å²) in [5.41, 5.74) is -0.179. The molecule has 0 spiro atoms. The second-order valence-electron chi connectivity index (χ2n) is 6.49. The van der Waals surface area contributed by atoms with Crippen LogP contribution in [-0.4, -0.2) is 35.9 Å². The SMILES string of the molecule is CCCC(CCNC(=O)c1ccc(C(F)(F)F)c(Cl)c1)c1cc(NCCO)on1. The summed E-state index contributed by atoms with van der Waals surface area (Å²) in [4.78, 5) is 12.2. The van der Waals surface area contributed by atoms with Crippen molar-refractivity contribution >= 4 is 23.4 Å². The van der Waals surface area contributed by atoms with E-state index in [1.807, 2.05) is 6.92 Å².